The zero-order valence-corrected chi connectivity index (χ0v) is 7.33. The number of piperidine rings is 1. The van der Waals surface area contributed by atoms with Crippen LogP contribution in [0.15, 0.2) is 0 Å². The van der Waals surface area contributed by atoms with Gasteiger partial charge in [-0.1, -0.05) is 6.42 Å². The summed E-state index contributed by atoms with van der Waals surface area (Å²) in [6.07, 6.45) is 4.90. The van der Waals surface area contributed by atoms with Crippen molar-refractivity contribution < 1.29 is 4.79 Å². The third-order valence-corrected chi connectivity index (χ3v) is 3.16. The van der Waals surface area contributed by atoms with Crippen molar-refractivity contribution in [2.75, 3.05) is 13.1 Å². The number of fused-ring (bicyclic) bond motifs is 1. The number of amides is 1. The van der Waals surface area contributed by atoms with Crippen molar-refractivity contribution in [1.82, 2.24) is 4.90 Å². The SMILES string of the molecule is NC(=O)[C@H]1C[C@H]2CCCCN2C1. The molecule has 0 aromatic carbocycles. The van der Waals surface area contributed by atoms with Gasteiger partial charge in [0, 0.05) is 12.6 Å². The van der Waals surface area contributed by atoms with Crippen LogP contribution in [0.5, 0.6) is 0 Å². The van der Waals surface area contributed by atoms with Crippen LogP contribution >= 0.6 is 0 Å². The molecular weight excluding hydrogens is 152 g/mol. The lowest BCUT2D eigenvalue weighted by Crippen LogP contribution is -2.34. The van der Waals surface area contributed by atoms with Crippen LogP contribution in [0.25, 0.3) is 0 Å². The molecule has 1 amide bonds. The van der Waals surface area contributed by atoms with E-state index in [1.165, 1.54) is 25.8 Å². The molecule has 0 aromatic heterocycles. The number of carbonyl (C=O) groups is 1. The standard InChI is InChI=1S/C9H16N2O/c10-9(12)7-5-8-3-1-2-4-11(8)6-7/h7-8H,1-6H2,(H2,10,12)/t7-,8+/m0/s1. The van der Waals surface area contributed by atoms with E-state index in [0.717, 1.165) is 13.0 Å². The summed E-state index contributed by atoms with van der Waals surface area (Å²) in [5, 5.41) is 0. The van der Waals surface area contributed by atoms with E-state index in [2.05, 4.69) is 4.90 Å². The van der Waals surface area contributed by atoms with Crippen molar-refractivity contribution in [2.24, 2.45) is 11.7 Å². The second kappa shape index (κ2) is 3.05. The van der Waals surface area contributed by atoms with E-state index in [9.17, 15) is 4.79 Å². The lowest BCUT2D eigenvalue weighted by Gasteiger charge is -2.28. The highest BCUT2D eigenvalue weighted by molar-refractivity contribution is 5.77. The lowest BCUT2D eigenvalue weighted by molar-refractivity contribution is -0.121. The first kappa shape index (κ1) is 8.05. The van der Waals surface area contributed by atoms with Crippen LogP contribution in [-0.4, -0.2) is 29.9 Å². The molecule has 2 N–H and O–H groups in total. The van der Waals surface area contributed by atoms with E-state index in [4.69, 9.17) is 5.73 Å². The fraction of sp³-hybridized carbons (Fsp3) is 0.889. The van der Waals surface area contributed by atoms with E-state index in [0.29, 0.717) is 6.04 Å². The minimum absolute atomic E-state index is 0.107. The van der Waals surface area contributed by atoms with Crippen LogP contribution in [0, 0.1) is 5.92 Å². The Hall–Kier alpha value is -0.570. The fourth-order valence-corrected chi connectivity index (χ4v) is 2.46. The number of nitrogens with two attached hydrogens (primary N) is 1. The van der Waals surface area contributed by atoms with E-state index in [-0.39, 0.29) is 11.8 Å². The normalized spacial score (nSPS) is 36.3. The Kier molecular flexibility index (Phi) is 2.05. The smallest absolute Gasteiger partial charge is 0.221 e. The Balaban J connectivity index is 1.98. The number of hydrogen-bond donors (Lipinski definition) is 1. The number of nitrogens with zero attached hydrogens (tertiary/aromatic N) is 1. The third-order valence-electron chi connectivity index (χ3n) is 3.16. The van der Waals surface area contributed by atoms with Gasteiger partial charge >= 0.3 is 0 Å². The Morgan fingerprint density at radius 3 is 2.92 bits per heavy atom. The molecule has 2 aliphatic rings. The van der Waals surface area contributed by atoms with E-state index in [1.807, 2.05) is 0 Å². The highest BCUT2D eigenvalue weighted by Crippen LogP contribution is 2.29. The van der Waals surface area contributed by atoms with Gasteiger partial charge in [0.2, 0.25) is 5.91 Å². The van der Waals surface area contributed by atoms with Crippen molar-refractivity contribution in [2.45, 2.75) is 31.7 Å². The van der Waals surface area contributed by atoms with Gasteiger partial charge in [-0.25, -0.2) is 0 Å². The molecule has 2 rings (SSSR count). The van der Waals surface area contributed by atoms with Gasteiger partial charge in [0.25, 0.3) is 0 Å². The second-order valence-electron chi connectivity index (χ2n) is 3.98. The summed E-state index contributed by atoms with van der Waals surface area (Å²) < 4.78 is 0. The van der Waals surface area contributed by atoms with E-state index < -0.39 is 0 Å². The quantitative estimate of drug-likeness (QED) is 0.614. The first-order valence-electron chi connectivity index (χ1n) is 4.81. The van der Waals surface area contributed by atoms with E-state index in [1.54, 1.807) is 0 Å². The van der Waals surface area contributed by atoms with Crippen LogP contribution in [0.4, 0.5) is 0 Å². The Morgan fingerprint density at radius 1 is 1.42 bits per heavy atom. The molecule has 0 unspecified atom stereocenters. The molecule has 2 fully saturated rings. The van der Waals surface area contributed by atoms with Crippen LogP contribution in [-0.2, 0) is 4.79 Å². The maximum Gasteiger partial charge on any atom is 0.221 e. The van der Waals surface area contributed by atoms with Crippen molar-refractivity contribution in [1.29, 1.82) is 0 Å². The third kappa shape index (κ3) is 1.33. The molecule has 0 aromatic rings. The van der Waals surface area contributed by atoms with Gasteiger partial charge in [0.1, 0.15) is 0 Å². The van der Waals surface area contributed by atoms with Gasteiger partial charge in [-0.05, 0) is 25.8 Å². The van der Waals surface area contributed by atoms with Gasteiger partial charge in [0.15, 0.2) is 0 Å². The molecule has 2 heterocycles. The summed E-state index contributed by atoms with van der Waals surface area (Å²) in [6.45, 7) is 2.09. The molecule has 0 saturated carbocycles. The first-order valence-corrected chi connectivity index (χ1v) is 4.81. The molecule has 0 radical (unpaired) electrons. The molecule has 2 saturated heterocycles. The Labute approximate surface area is 72.9 Å². The van der Waals surface area contributed by atoms with Crippen molar-refractivity contribution >= 4 is 5.91 Å². The van der Waals surface area contributed by atoms with Crippen LogP contribution in [0.3, 0.4) is 0 Å². The molecule has 68 valence electrons. The fourth-order valence-electron chi connectivity index (χ4n) is 2.46. The summed E-state index contributed by atoms with van der Waals surface area (Å²) in [5.41, 5.74) is 5.29. The number of hydrogen-bond acceptors (Lipinski definition) is 2. The topological polar surface area (TPSA) is 46.3 Å². The summed E-state index contributed by atoms with van der Waals surface area (Å²) in [5.74, 6) is 0.0255. The van der Waals surface area contributed by atoms with Crippen molar-refractivity contribution in [3.8, 4) is 0 Å². The summed E-state index contributed by atoms with van der Waals surface area (Å²) in [7, 11) is 0. The molecule has 0 aliphatic carbocycles. The summed E-state index contributed by atoms with van der Waals surface area (Å²) >= 11 is 0. The summed E-state index contributed by atoms with van der Waals surface area (Å²) in [6, 6.07) is 0.663. The maximum absolute atomic E-state index is 10.9. The number of rotatable bonds is 1. The molecule has 12 heavy (non-hydrogen) atoms. The molecule has 2 aliphatic heterocycles. The highest BCUT2D eigenvalue weighted by atomic mass is 16.1. The molecule has 3 heteroatoms. The zero-order chi connectivity index (χ0) is 8.55. The van der Waals surface area contributed by atoms with Gasteiger partial charge in [0.05, 0.1) is 5.92 Å². The van der Waals surface area contributed by atoms with Gasteiger partial charge in [-0.3, -0.25) is 9.69 Å². The molecule has 0 bridgehead atoms. The van der Waals surface area contributed by atoms with Gasteiger partial charge in [-0.15, -0.1) is 0 Å². The molecular formula is C9H16N2O. The van der Waals surface area contributed by atoms with Crippen LogP contribution < -0.4 is 5.73 Å². The molecule has 2 atom stereocenters. The second-order valence-corrected chi connectivity index (χ2v) is 3.98. The predicted molar refractivity (Wildman–Crippen MR) is 46.5 cm³/mol. The average molecular weight is 168 g/mol. The van der Waals surface area contributed by atoms with Crippen LogP contribution in [0.2, 0.25) is 0 Å². The average Bonchev–Trinajstić information content (AvgIpc) is 2.46. The summed E-state index contributed by atoms with van der Waals surface area (Å²) in [4.78, 5) is 13.4. The molecule has 3 nitrogen and oxygen atoms in total. The minimum atomic E-state index is -0.107. The first-order chi connectivity index (χ1) is 5.77. The Bertz CT molecular complexity index is 179. The maximum atomic E-state index is 10.9. The lowest BCUT2D eigenvalue weighted by atomic mass is 9.99. The Morgan fingerprint density at radius 2 is 2.25 bits per heavy atom. The monoisotopic (exact) mass is 168 g/mol. The number of carbonyl (C=O) groups excluding carboxylic acids is 1. The minimum Gasteiger partial charge on any atom is -0.369 e. The highest BCUT2D eigenvalue weighted by Gasteiger charge is 2.35. The van der Waals surface area contributed by atoms with Gasteiger partial charge < -0.3 is 5.73 Å². The largest absolute Gasteiger partial charge is 0.369 e. The van der Waals surface area contributed by atoms with Crippen LogP contribution in [0.1, 0.15) is 25.7 Å². The zero-order valence-electron chi connectivity index (χ0n) is 7.33. The van der Waals surface area contributed by atoms with Crippen molar-refractivity contribution in [3.63, 3.8) is 0 Å². The van der Waals surface area contributed by atoms with Crippen molar-refractivity contribution in [3.05, 3.63) is 0 Å². The number of primary amides is 1. The predicted octanol–water partition coefficient (Wildman–Crippen LogP) is 0.346. The van der Waals surface area contributed by atoms with E-state index >= 15 is 0 Å². The molecule has 0 spiro atoms. The van der Waals surface area contributed by atoms with Gasteiger partial charge in [-0.2, -0.15) is 0 Å².